The van der Waals surface area contributed by atoms with E-state index in [0.29, 0.717) is 23.4 Å². The van der Waals surface area contributed by atoms with Crippen molar-refractivity contribution in [2.24, 2.45) is 0 Å². The van der Waals surface area contributed by atoms with E-state index in [1.165, 1.54) is 22.1 Å². The van der Waals surface area contributed by atoms with Crippen molar-refractivity contribution in [1.29, 1.82) is 0 Å². The number of carbonyl (C=O) groups is 2. The Morgan fingerprint density at radius 2 is 1.62 bits per heavy atom. The van der Waals surface area contributed by atoms with Gasteiger partial charge in [-0.05, 0) is 41.8 Å². The Kier molecular flexibility index (Phi) is 9.11. The number of anilines is 1. The maximum Gasteiger partial charge on any atom is 0.248 e. The predicted octanol–water partition coefficient (Wildman–Crippen LogP) is 3.57. The van der Waals surface area contributed by atoms with E-state index in [0.717, 1.165) is 17.4 Å². The molecule has 3 aromatic rings. The van der Waals surface area contributed by atoms with Crippen molar-refractivity contribution in [2.45, 2.75) is 23.1 Å². The number of nitrogens with one attached hydrogen (secondary N) is 2. The van der Waals surface area contributed by atoms with E-state index in [1.54, 1.807) is 42.5 Å². The van der Waals surface area contributed by atoms with Crippen LogP contribution in [0, 0.1) is 0 Å². The Morgan fingerprint density at radius 1 is 0.923 bits per heavy atom. The van der Waals surface area contributed by atoms with Crippen molar-refractivity contribution in [3.05, 3.63) is 84.4 Å². The quantitative estimate of drug-likeness (QED) is 0.259. The highest BCUT2D eigenvalue weighted by Gasteiger charge is 2.40. The minimum Gasteiger partial charge on any atom is -0.354 e. The molecule has 3 aromatic carbocycles. The van der Waals surface area contributed by atoms with Crippen molar-refractivity contribution in [3.8, 4) is 11.1 Å². The third kappa shape index (κ3) is 7.47. The van der Waals surface area contributed by atoms with Crippen LogP contribution in [0.25, 0.3) is 11.1 Å². The average molecular weight is 588 g/mol. The molecule has 1 atom stereocenters. The van der Waals surface area contributed by atoms with Gasteiger partial charge in [0.25, 0.3) is 0 Å². The Hall–Kier alpha value is -3.19. The average Bonchev–Trinajstić information content (AvgIpc) is 3.42. The molecule has 1 unspecified atom stereocenters. The van der Waals surface area contributed by atoms with Gasteiger partial charge >= 0.3 is 0 Å². The fraction of sp³-hybridized carbons (Fsp3) is 0.259. The molecule has 2 N–H and O–H groups in total. The summed E-state index contributed by atoms with van der Waals surface area (Å²) in [5.41, 5.74) is 2.53. The molecule has 1 fully saturated rings. The minimum atomic E-state index is -3.88. The van der Waals surface area contributed by atoms with Gasteiger partial charge in [-0.2, -0.15) is 4.31 Å². The maximum atomic E-state index is 13.3. The Bertz CT molecular complexity index is 1540. The number of Topliss-reactive ketones (excluding diaryl/α,β-unsaturated/α-hetero) is 1. The fourth-order valence-electron chi connectivity index (χ4n) is 4.16. The zero-order chi connectivity index (χ0) is 28.0. The van der Waals surface area contributed by atoms with E-state index in [-0.39, 0.29) is 30.2 Å². The molecule has 206 valence electrons. The Balaban J connectivity index is 1.32. The van der Waals surface area contributed by atoms with Crippen LogP contribution in [0.5, 0.6) is 0 Å². The topological polar surface area (TPSA) is 130 Å². The summed E-state index contributed by atoms with van der Waals surface area (Å²) in [5, 5.41) is 1.86. The third-order valence-electron chi connectivity index (χ3n) is 6.01. The standard InChI is InChI=1S/C27H29N3O6S3/c1-38(33,34)29-23-10-5-9-22(19-23)25(31)11-6-16-28-26(32)27-30(17-18-37-27)39(35,36)24-14-12-21(13-15-24)20-7-3-2-4-8-20/h2-5,7-10,12-15,19,27,29H,6,11,16-18H2,1H3,(H,28,32). The van der Waals surface area contributed by atoms with Gasteiger partial charge in [-0.25, -0.2) is 16.8 Å². The van der Waals surface area contributed by atoms with Gasteiger partial charge in [0, 0.05) is 36.5 Å². The molecule has 0 aliphatic carbocycles. The molecule has 1 saturated heterocycles. The highest BCUT2D eigenvalue weighted by Crippen LogP contribution is 2.31. The first-order chi connectivity index (χ1) is 18.5. The first kappa shape index (κ1) is 28.8. The summed E-state index contributed by atoms with van der Waals surface area (Å²) < 4.78 is 53.1. The molecule has 1 heterocycles. The van der Waals surface area contributed by atoms with Gasteiger partial charge in [0.15, 0.2) is 5.78 Å². The second kappa shape index (κ2) is 12.3. The first-order valence-corrected chi connectivity index (χ1v) is 16.6. The molecular weight excluding hydrogens is 559 g/mol. The van der Waals surface area contributed by atoms with Crippen LogP contribution in [0.3, 0.4) is 0 Å². The van der Waals surface area contributed by atoms with Crippen LogP contribution in [-0.2, 0) is 24.8 Å². The van der Waals surface area contributed by atoms with Crippen LogP contribution in [0.1, 0.15) is 23.2 Å². The van der Waals surface area contributed by atoms with Crippen molar-refractivity contribution < 1.29 is 26.4 Å². The first-order valence-electron chi connectivity index (χ1n) is 12.2. The smallest absolute Gasteiger partial charge is 0.248 e. The monoisotopic (exact) mass is 587 g/mol. The summed E-state index contributed by atoms with van der Waals surface area (Å²) in [6, 6.07) is 22.5. The molecule has 9 nitrogen and oxygen atoms in total. The van der Waals surface area contributed by atoms with Crippen molar-refractivity contribution in [1.82, 2.24) is 9.62 Å². The number of thioether (sulfide) groups is 1. The minimum absolute atomic E-state index is 0.126. The lowest BCUT2D eigenvalue weighted by Crippen LogP contribution is -2.45. The van der Waals surface area contributed by atoms with Crippen LogP contribution in [-0.4, -0.2) is 63.3 Å². The maximum absolute atomic E-state index is 13.3. The van der Waals surface area contributed by atoms with Crippen LogP contribution in [0.15, 0.2) is 83.8 Å². The van der Waals surface area contributed by atoms with Gasteiger partial charge in [0.05, 0.1) is 11.2 Å². The molecule has 1 amide bonds. The summed E-state index contributed by atoms with van der Waals surface area (Å²) in [7, 11) is -7.34. The number of amides is 1. The lowest BCUT2D eigenvalue weighted by atomic mass is 10.1. The summed E-state index contributed by atoms with van der Waals surface area (Å²) in [6.07, 6.45) is 1.51. The summed E-state index contributed by atoms with van der Waals surface area (Å²) >= 11 is 1.26. The second-order valence-electron chi connectivity index (χ2n) is 9.00. The predicted molar refractivity (Wildman–Crippen MR) is 153 cm³/mol. The van der Waals surface area contributed by atoms with Gasteiger partial charge < -0.3 is 5.32 Å². The summed E-state index contributed by atoms with van der Waals surface area (Å²) in [5.74, 6) is -0.121. The van der Waals surface area contributed by atoms with Crippen molar-refractivity contribution in [3.63, 3.8) is 0 Å². The zero-order valence-corrected chi connectivity index (χ0v) is 23.7. The van der Waals surface area contributed by atoms with Gasteiger partial charge in [-0.15, -0.1) is 11.8 Å². The fourth-order valence-corrected chi connectivity index (χ4v) is 7.81. The van der Waals surface area contributed by atoms with Crippen LogP contribution in [0.2, 0.25) is 0 Å². The van der Waals surface area contributed by atoms with Crippen molar-refractivity contribution in [2.75, 3.05) is 29.8 Å². The molecule has 0 spiro atoms. The highest BCUT2D eigenvalue weighted by molar-refractivity contribution is 8.02. The van der Waals surface area contributed by atoms with Crippen LogP contribution < -0.4 is 10.0 Å². The van der Waals surface area contributed by atoms with E-state index >= 15 is 0 Å². The molecule has 1 aliphatic rings. The molecular formula is C27H29N3O6S3. The van der Waals surface area contributed by atoms with Crippen molar-refractivity contribution >= 4 is 49.2 Å². The largest absolute Gasteiger partial charge is 0.354 e. The number of rotatable bonds is 11. The lowest BCUT2D eigenvalue weighted by Gasteiger charge is -2.22. The molecule has 1 aliphatic heterocycles. The number of benzene rings is 3. The van der Waals surface area contributed by atoms with Gasteiger partial charge in [0.2, 0.25) is 26.0 Å². The van der Waals surface area contributed by atoms with Gasteiger partial charge in [-0.3, -0.25) is 14.3 Å². The normalized spacial score (nSPS) is 16.1. The number of hydrogen-bond donors (Lipinski definition) is 2. The SMILES string of the molecule is CS(=O)(=O)Nc1cccc(C(=O)CCCNC(=O)C2SCCN2S(=O)(=O)c2ccc(-c3ccccc3)cc2)c1. The van der Waals surface area contributed by atoms with Gasteiger partial charge in [0.1, 0.15) is 5.37 Å². The molecule has 0 saturated carbocycles. The van der Waals surface area contributed by atoms with E-state index in [2.05, 4.69) is 10.0 Å². The molecule has 0 radical (unpaired) electrons. The van der Waals surface area contributed by atoms with E-state index in [9.17, 15) is 26.4 Å². The van der Waals surface area contributed by atoms with Crippen LogP contribution in [0.4, 0.5) is 5.69 Å². The molecule has 39 heavy (non-hydrogen) atoms. The molecule has 0 aromatic heterocycles. The molecule has 4 rings (SSSR count). The number of sulfonamides is 2. The second-order valence-corrected chi connectivity index (χ2v) is 13.8. The van der Waals surface area contributed by atoms with Crippen LogP contribution >= 0.6 is 11.8 Å². The molecule has 12 heteroatoms. The third-order valence-corrected chi connectivity index (χ3v) is 9.83. The summed E-state index contributed by atoms with van der Waals surface area (Å²) in [4.78, 5) is 25.5. The number of hydrogen-bond acceptors (Lipinski definition) is 7. The molecule has 0 bridgehead atoms. The summed E-state index contributed by atoms with van der Waals surface area (Å²) in [6.45, 7) is 0.421. The Labute approximate surface area is 233 Å². The Morgan fingerprint density at radius 3 is 2.31 bits per heavy atom. The zero-order valence-electron chi connectivity index (χ0n) is 21.2. The number of ketones is 1. The van der Waals surface area contributed by atoms with E-state index in [4.69, 9.17) is 0 Å². The van der Waals surface area contributed by atoms with E-state index in [1.807, 2.05) is 30.3 Å². The number of nitrogens with zero attached hydrogens (tertiary/aromatic N) is 1. The number of carbonyl (C=O) groups excluding carboxylic acids is 2. The van der Waals surface area contributed by atoms with Gasteiger partial charge in [-0.1, -0.05) is 54.6 Å². The lowest BCUT2D eigenvalue weighted by molar-refractivity contribution is -0.122. The highest BCUT2D eigenvalue weighted by atomic mass is 32.2. The van der Waals surface area contributed by atoms with E-state index < -0.39 is 31.3 Å².